The van der Waals surface area contributed by atoms with Crippen LogP contribution in [0, 0.1) is 5.82 Å². The van der Waals surface area contributed by atoms with Gasteiger partial charge in [0, 0.05) is 15.8 Å². The van der Waals surface area contributed by atoms with Crippen LogP contribution in [0.3, 0.4) is 0 Å². The molecule has 0 aliphatic carbocycles. The highest BCUT2D eigenvalue weighted by Gasteiger charge is 2.18. The zero-order chi connectivity index (χ0) is 23.5. The number of nitrogens with zero attached hydrogens (tertiary/aromatic N) is 1. The number of halogens is 4. The van der Waals surface area contributed by atoms with Gasteiger partial charge in [-0.3, -0.25) is 10.1 Å². The smallest absolute Gasteiger partial charge is 0.326 e. The summed E-state index contributed by atoms with van der Waals surface area (Å²) >= 11 is 18.3. The minimum absolute atomic E-state index is 0.101. The maximum atomic E-state index is 13.8. The summed E-state index contributed by atoms with van der Waals surface area (Å²) in [6.07, 6.45) is 1.29. The van der Waals surface area contributed by atoms with E-state index in [4.69, 9.17) is 39.5 Å². The van der Waals surface area contributed by atoms with Gasteiger partial charge in [-0.15, -0.1) is 0 Å². The van der Waals surface area contributed by atoms with Gasteiger partial charge in [0.25, 0.3) is 5.91 Å². The summed E-state index contributed by atoms with van der Waals surface area (Å²) in [5.41, 5.74) is -0.261. The van der Waals surface area contributed by atoms with Gasteiger partial charge in [-0.2, -0.15) is 0 Å². The van der Waals surface area contributed by atoms with Crippen molar-refractivity contribution >= 4 is 63.2 Å². The number of urea groups is 1. The number of imide groups is 1. The minimum atomic E-state index is -0.996. The number of carbonyl (C=O) groups is 2. The molecule has 0 saturated carbocycles. The van der Waals surface area contributed by atoms with Gasteiger partial charge in [-0.1, -0.05) is 65.1 Å². The standard InChI is InChI=1S/C23H13Cl3FN3O3/c24-15-8-9-19(14-5-2-1-4-13(14)15)33-22-17(26)10-12(11-28-22)29-23(32)30-21(31)20-16(25)6-3-7-18(20)27/h1-11H,(H2,29,30,31,32). The number of aromatic nitrogens is 1. The van der Waals surface area contributed by atoms with Gasteiger partial charge in [0.15, 0.2) is 0 Å². The van der Waals surface area contributed by atoms with Crippen molar-refractivity contribution in [2.45, 2.75) is 0 Å². The van der Waals surface area contributed by atoms with E-state index in [1.54, 1.807) is 12.1 Å². The van der Waals surface area contributed by atoms with Crippen LogP contribution in [0.25, 0.3) is 10.8 Å². The Morgan fingerprint density at radius 3 is 2.36 bits per heavy atom. The Balaban J connectivity index is 1.48. The van der Waals surface area contributed by atoms with E-state index in [-0.39, 0.29) is 21.6 Å². The number of ether oxygens (including phenoxy) is 1. The van der Waals surface area contributed by atoms with Gasteiger partial charge in [-0.25, -0.2) is 14.2 Å². The molecule has 2 N–H and O–H groups in total. The molecular formula is C23H13Cl3FN3O3. The average Bonchev–Trinajstić information content (AvgIpc) is 2.77. The fourth-order valence-corrected chi connectivity index (χ4v) is 3.72. The number of rotatable bonds is 4. The van der Waals surface area contributed by atoms with Gasteiger partial charge < -0.3 is 10.1 Å². The number of pyridine rings is 1. The van der Waals surface area contributed by atoms with Crippen LogP contribution in [0.1, 0.15) is 10.4 Å². The first-order valence-corrected chi connectivity index (χ1v) is 10.5. The molecule has 0 aliphatic heterocycles. The van der Waals surface area contributed by atoms with E-state index in [0.717, 1.165) is 16.8 Å². The molecule has 0 fully saturated rings. The summed E-state index contributed by atoms with van der Waals surface area (Å²) < 4.78 is 19.7. The lowest BCUT2D eigenvalue weighted by Crippen LogP contribution is -2.35. The van der Waals surface area contributed by atoms with E-state index >= 15 is 0 Å². The van der Waals surface area contributed by atoms with E-state index in [2.05, 4.69) is 10.3 Å². The number of hydrogen-bond acceptors (Lipinski definition) is 4. The van der Waals surface area contributed by atoms with Crippen LogP contribution in [-0.4, -0.2) is 16.9 Å². The Kier molecular flexibility index (Phi) is 6.65. The van der Waals surface area contributed by atoms with Crippen LogP contribution in [0.5, 0.6) is 11.6 Å². The molecule has 3 amide bonds. The number of nitrogens with one attached hydrogen (secondary N) is 2. The Hall–Kier alpha value is -3.39. The molecule has 6 nitrogen and oxygen atoms in total. The zero-order valence-electron chi connectivity index (χ0n) is 16.5. The fourth-order valence-electron chi connectivity index (χ4n) is 3.04. The van der Waals surface area contributed by atoms with Crippen molar-refractivity contribution in [3.8, 4) is 11.6 Å². The molecule has 166 valence electrons. The van der Waals surface area contributed by atoms with Crippen LogP contribution < -0.4 is 15.4 Å². The van der Waals surface area contributed by atoms with Crippen molar-refractivity contribution < 1.29 is 18.7 Å². The Labute approximate surface area is 202 Å². The highest BCUT2D eigenvalue weighted by molar-refractivity contribution is 6.36. The Morgan fingerprint density at radius 1 is 0.879 bits per heavy atom. The SMILES string of the molecule is O=C(NC(=O)c1c(F)cccc1Cl)Nc1cnc(Oc2ccc(Cl)c3ccccc23)c(Cl)c1. The van der Waals surface area contributed by atoms with E-state index in [1.165, 1.54) is 24.4 Å². The lowest BCUT2D eigenvalue weighted by molar-refractivity contribution is 0.0963. The first kappa shape index (κ1) is 22.8. The first-order valence-electron chi connectivity index (χ1n) is 9.40. The third kappa shape index (κ3) is 5.01. The topological polar surface area (TPSA) is 80.3 Å². The fraction of sp³-hybridized carbons (Fsp3) is 0. The van der Waals surface area contributed by atoms with Crippen LogP contribution in [0.15, 0.2) is 66.9 Å². The number of hydrogen-bond donors (Lipinski definition) is 2. The van der Waals surface area contributed by atoms with Crippen LogP contribution >= 0.6 is 34.8 Å². The molecule has 0 saturated heterocycles. The van der Waals surface area contributed by atoms with E-state index < -0.39 is 23.3 Å². The van der Waals surface area contributed by atoms with Gasteiger partial charge in [-0.05, 0) is 30.3 Å². The molecule has 0 aliphatic rings. The number of anilines is 1. The van der Waals surface area contributed by atoms with Crippen molar-refractivity contribution in [1.82, 2.24) is 10.3 Å². The quantitative estimate of drug-likeness (QED) is 0.311. The van der Waals surface area contributed by atoms with Gasteiger partial charge >= 0.3 is 6.03 Å². The highest BCUT2D eigenvalue weighted by Crippen LogP contribution is 2.36. The molecule has 0 radical (unpaired) electrons. The molecule has 4 rings (SSSR count). The molecule has 0 bridgehead atoms. The third-order valence-corrected chi connectivity index (χ3v) is 5.44. The molecule has 10 heteroatoms. The van der Waals surface area contributed by atoms with Crippen LogP contribution in [-0.2, 0) is 0 Å². The van der Waals surface area contributed by atoms with Crippen molar-refractivity contribution in [2.24, 2.45) is 0 Å². The second kappa shape index (κ2) is 9.62. The van der Waals surface area contributed by atoms with Crippen LogP contribution in [0.2, 0.25) is 15.1 Å². The van der Waals surface area contributed by atoms with Crippen molar-refractivity contribution in [1.29, 1.82) is 0 Å². The first-order chi connectivity index (χ1) is 15.8. The normalized spacial score (nSPS) is 10.7. The summed E-state index contributed by atoms with van der Waals surface area (Å²) in [5, 5.41) is 6.53. The van der Waals surface area contributed by atoms with Gasteiger partial charge in [0.2, 0.25) is 5.88 Å². The van der Waals surface area contributed by atoms with Crippen molar-refractivity contribution in [3.05, 3.63) is 93.3 Å². The lowest BCUT2D eigenvalue weighted by atomic mass is 10.1. The molecule has 4 aromatic rings. The largest absolute Gasteiger partial charge is 0.437 e. The molecule has 0 atom stereocenters. The maximum absolute atomic E-state index is 13.8. The van der Waals surface area contributed by atoms with Gasteiger partial charge in [0.1, 0.15) is 16.6 Å². The second-order valence-corrected chi connectivity index (χ2v) is 7.93. The third-order valence-electron chi connectivity index (χ3n) is 4.52. The van der Waals surface area contributed by atoms with E-state index in [9.17, 15) is 14.0 Å². The summed E-state index contributed by atoms with van der Waals surface area (Å²) in [6.45, 7) is 0. The molecule has 0 spiro atoms. The van der Waals surface area contributed by atoms with E-state index in [1.807, 2.05) is 29.6 Å². The maximum Gasteiger partial charge on any atom is 0.326 e. The molecule has 0 unspecified atom stereocenters. The molecule has 3 aromatic carbocycles. The zero-order valence-corrected chi connectivity index (χ0v) is 18.8. The van der Waals surface area contributed by atoms with E-state index in [0.29, 0.717) is 10.8 Å². The summed E-state index contributed by atoms with van der Waals surface area (Å²) in [6, 6.07) is 15.0. The van der Waals surface area contributed by atoms with Crippen molar-refractivity contribution in [2.75, 3.05) is 5.32 Å². The van der Waals surface area contributed by atoms with Gasteiger partial charge in [0.05, 0.1) is 22.5 Å². The summed E-state index contributed by atoms with van der Waals surface area (Å²) in [7, 11) is 0. The predicted molar refractivity (Wildman–Crippen MR) is 126 cm³/mol. The predicted octanol–water partition coefficient (Wildman–Crippen LogP) is 7.09. The summed E-state index contributed by atoms with van der Waals surface area (Å²) in [4.78, 5) is 28.5. The molecule has 1 heterocycles. The number of fused-ring (bicyclic) bond motifs is 1. The molecular weight excluding hydrogens is 492 g/mol. The lowest BCUT2D eigenvalue weighted by Gasteiger charge is -2.12. The Bertz CT molecular complexity index is 1380. The van der Waals surface area contributed by atoms with Crippen LogP contribution in [0.4, 0.5) is 14.9 Å². The number of carbonyl (C=O) groups excluding carboxylic acids is 2. The molecule has 1 aromatic heterocycles. The second-order valence-electron chi connectivity index (χ2n) is 6.71. The Morgan fingerprint density at radius 2 is 1.64 bits per heavy atom. The van der Waals surface area contributed by atoms with Crippen molar-refractivity contribution in [3.63, 3.8) is 0 Å². The minimum Gasteiger partial charge on any atom is -0.437 e. The number of amides is 3. The number of benzene rings is 3. The highest BCUT2D eigenvalue weighted by atomic mass is 35.5. The summed E-state index contributed by atoms with van der Waals surface area (Å²) in [5.74, 6) is -1.25. The average molecular weight is 505 g/mol. The molecule has 33 heavy (non-hydrogen) atoms. The monoisotopic (exact) mass is 503 g/mol.